The molecular weight excluding hydrogens is 652 g/mol. The molecule has 0 saturated heterocycles. The van der Waals surface area contributed by atoms with E-state index < -0.39 is 69.7 Å². The Labute approximate surface area is 221 Å². The number of hydrogen-bond donors (Lipinski definition) is 0. The van der Waals surface area contributed by atoms with Crippen LogP contribution in [0.15, 0.2) is 0 Å². The minimum atomic E-state index is -9.02. The van der Waals surface area contributed by atoms with Gasteiger partial charge in [0.2, 0.25) is 0 Å². The third-order valence-corrected chi connectivity index (χ3v) is 7.16. The second kappa shape index (κ2) is 11.6. The Hall–Kier alpha value is -1.39. The van der Waals surface area contributed by atoms with Crippen molar-refractivity contribution >= 4 is 10.1 Å². The predicted octanol–water partition coefficient (Wildman–Crippen LogP) is 7.11. The Bertz CT molecular complexity index is 970. The summed E-state index contributed by atoms with van der Waals surface area (Å²) in [5, 5.41) is -8.01. The lowest BCUT2D eigenvalue weighted by Gasteiger charge is -2.44. The highest BCUT2D eigenvalue weighted by Gasteiger charge is 2.96. The van der Waals surface area contributed by atoms with Gasteiger partial charge >= 0.3 is 52.6 Å². The maximum Gasteiger partial charge on any atom is 0.402 e. The van der Waals surface area contributed by atoms with Gasteiger partial charge in [0.05, 0.1) is 26.2 Å². The minimum Gasteiger partial charge on any atom is -0.743 e. The van der Waals surface area contributed by atoms with Crippen molar-refractivity contribution in [3.8, 4) is 0 Å². The van der Waals surface area contributed by atoms with Crippen LogP contribution < -0.4 is 0 Å². The fourth-order valence-corrected chi connectivity index (χ4v) is 3.39. The number of alkyl halides is 18. The molecule has 0 bridgehead atoms. The molecule has 41 heavy (non-hydrogen) atoms. The van der Waals surface area contributed by atoms with Crippen LogP contribution in [0.1, 0.15) is 34.6 Å². The molecule has 0 radical (unpaired) electrons. The Balaban J connectivity index is 0. The number of quaternary nitrogens is 1. The molecule has 0 amide bonds. The third-order valence-electron chi connectivity index (χ3n) is 6.28. The molecule has 0 saturated carbocycles. The molecule has 250 valence electrons. The van der Waals surface area contributed by atoms with Crippen LogP contribution in [-0.2, 0) is 10.1 Å². The van der Waals surface area contributed by atoms with Gasteiger partial charge in [0, 0.05) is 6.92 Å². The molecule has 0 aromatic heterocycles. The van der Waals surface area contributed by atoms with E-state index >= 15 is 0 Å². The number of rotatable bonds is 13. The Morgan fingerprint density at radius 1 is 0.463 bits per heavy atom. The normalized spacial score (nSPS) is 15.9. The van der Waals surface area contributed by atoms with Crippen molar-refractivity contribution in [1.29, 1.82) is 0 Å². The summed E-state index contributed by atoms with van der Waals surface area (Å²) in [4.78, 5) is 0. The first kappa shape index (κ1) is 41.7. The first-order valence-corrected chi connectivity index (χ1v) is 12.1. The largest absolute Gasteiger partial charge is 0.743 e. The summed E-state index contributed by atoms with van der Waals surface area (Å²) in [5.74, 6) is -67.1. The van der Waals surface area contributed by atoms with Gasteiger partial charge in [-0.3, -0.25) is 0 Å². The first-order chi connectivity index (χ1) is 17.5. The Kier molecular flexibility index (Phi) is 11.8. The lowest BCUT2D eigenvalue weighted by molar-refractivity contribution is -0.921. The van der Waals surface area contributed by atoms with Crippen LogP contribution in [0.4, 0.5) is 79.0 Å². The van der Waals surface area contributed by atoms with E-state index in [0.29, 0.717) is 0 Å². The molecule has 0 spiro atoms. The van der Waals surface area contributed by atoms with Gasteiger partial charge in [0.1, 0.15) is 0 Å². The zero-order valence-electron chi connectivity index (χ0n) is 21.2. The van der Waals surface area contributed by atoms with Gasteiger partial charge < -0.3 is 9.04 Å². The van der Waals surface area contributed by atoms with Gasteiger partial charge in [-0.1, -0.05) is 0 Å². The van der Waals surface area contributed by atoms with E-state index in [1.807, 2.05) is 0 Å². The van der Waals surface area contributed by atoms with Crippen molar-refractivity contribution in [3.63, 3.8) is 0 Å². The summed E-state index contributed by atoms with van der Waals surface area (Å²) in [6.07, 6.45) is 0. The average molecular weight is 675 g/mol. The second-order valence-electron chi connectivity index (χ2n) is 8.49. The van der Waals surface area contributed by atoms with E-state index in [9.17, 15) is 92.0 Å². The van der Waals surface area contributed by atoms with Crippen LogP contribution in [-0.4, -0.2) is 96.3 Å². The summed E-state index contributed by atoms with van der Waals surface area (Å²) in [7, 11) is -8.20. The summed E-state index contributed by atoms with van der Waals surface area (Å²) >= 11 is 0. The molecule has 0 N–H and O–H groups in total. The van der Waals surface area contributed by atoms with Crippen molar-refractivity contribution < 1.29 is 96.5 Å². The maximum atomic E-state index is 13.3. The van der Waals surface area contributed by atoms with Crippen LogP contribution >= 0.6 is 0 Å². The van der Waals surface area contributed by atoms with Crippen molar-refractivity contribution in [2.75, 3.05) is 26.2 Å². The highest BCUT2D eigenvalue weighted by atomic mass is 32.2. The predicted molar refractivity (Wildman–Crippen MR) is 102 cm³/mol. The van der Waals surface area contributed by atoms with Crippen LogP contribution in [0.5, 0.6) is 0 Å². The van der Waals surface area contributed by atoms with Gasteiger partial charge in [-0.25, -0.2) is 8.42 Å². The van der Waals surface area contributed by atoms with E-state index in [1.165, 1.54) is 30.7 Å². The SMILES string of the molecule is CC(F)(F)C(F)(F)C(F)(F)C(F)(F)C(F)(F)C(F)(F)C(F)(F)C(F)(F)C(F)(F)S(=O)(=O)[O-].CC[N+](CC)(CC)CC. The van der Waals surface area contributed by atoms with Crippen LogP contribution in [0.2, 0.25) is 0 Å². The lowest BCUT2D eigenvalue weighted by atomic mass is 9.88. The topological polar surface area (TPSA) is 57.2 Å². The summed E-state index contributed by atoms with van der Waals surface area (Å²) < 4.78 is 265. The molecule has 0 aromatic carbocycles. The molecule has 0 aliphatic heterocycles. The molecule has 0 fully saturated rings. The number of nitrogens with zero attached hydrogens (tertiary/aromatic N) is 1. The lowest BCUT2D eigenvalue weighted by Crippen LogP contribution is -2.76. The summed E-state index contributed by atoms with van der Waals surface area (Å²) in [6, 6.07) is 0. The second-order valence-corrected chi connectivity index (χ2v) is 9.91. The maximum absolute atomic E-state index is 13.3. The van der Waals surface area contributed by atoms with E-state index in [4.69, 9.17) is 0 Å². The molecular formula is C18H23F18NO3S. The van der Waals surface area contributed by atoms with Gasteiger partial charge in [-0.05, 0) is 27.7 Å². The molecule has 0 heterocycles. The van der Waals surface area contributed by atoms with E-state index in [-0.39, 0.29) is 0 Å². The monoisotopic (exact) mass is 675 g/mol. The molecule has 0 aromatic rings. The highest BCUT2D eigenvalue weighted by molar-refractivity contribution is 7.86. The fraction of sp³-hybridized carbons (Fsp3) is 1.00. The van der Waals surface area contributed by atoms with E-state index in [2.05, 4.69) is 27.7 Å². The minimum absolute atomic E-state index is 1.28. The van der Waals surface area contributed by atoms with Gasteiger partial charge in [-0.15, -0.1) is 0 Å². The summed E-state index contributed by atoms with van der Waals surface area (Å²) in [6.45, 7) is 12.8. The molecule has 0 rings (SSSR count). The smallest absolute Gasteiger partial charge is 0.402 e. The Morgan fingerprint density at radius 3 is 0.805 bits per heavy atom. The molecule has 0 unspecified atom stereocenters. The molecule has 23 heteroatoms. The summed E-state index contributed by atoms with van der Waals surface area (Å²) in [5.41, 5.74) is 0. The van der Waals surface area contributed by atoms with Crippen LogP contribution in [0.25, 0.3) is 0 Å². The highest BCUT2D eigenvalue weighted by Crippen LogP contribution is 2.65. The van der Waals surface area contributed by atoms with Crippen molar-refractivity contribution in [2.45, 2.75) is 87.3 Å². The van der Waals surface area contributed by atoms with Gasteiger partial charge in [0.25, 0.3) is 0 Å². The standard InChI is InChI=1S/C10H4F18O3S.C8H20N/c1-2(11,12)3(13,14)4(15,16)5(17,18)6(19,20)7(21,22)8(23,24)9(25,26)10(27,28)32(29,30)31;1-5-9(6-2,7-3)8-4/h1H3,(H,29,30,31);5-8H2,1-4H3/q;+1/p-1. The molecule has 4 nitrogen and oxygen atoms in total. The number of halogens is 18. The van der Waals surface area contributed by atoms with E-state index in [0.717, 1.165) is 0 Å². The zero-order valence-corrected chi connectivity index (χ0v) is 22.0. The third kappa shape index (κ3) is 6.17. The molecule has 0 aliphatic carbocycles. The van der Waals surface area contributed by atoms with Crippen molar-refractivity contribution in [3.05, 3.63) is 0 Å². The van der Waals surface area contributed by atoms with Gasteiger partial charge in [-0.2, -0.15) is 79.0 Å². The van der Waals surface area contributed by atoms with Crippen LogP contribution in [0.3, 0.4) is 0 Å². The van der Waals surface area contributed by atoms with E-state index in [1.54, 1.807) is 0 Å². The Morgan fingerprint density at radius 2 is 0.659 bits per heavy atom. The van der Waals surface area contributed by atoms with Crippen molar-refractivity contribution in [2.24, 2.45) is 0 Å². The first-order valence-electron chi connectivity index (χ1n) is 10.7. The van der Waals surface area contributed by atoms with Gasteiger partial charge in [0.15, 0.2) is 10.1 Å². The molecule has 0 aliphatic rings. The van der Waals surface area contributed by atoms with Crippen LogP contribution in [0, 0.1) is 0 Å². The fourth-order valence-electron chi connectivity index (χ4n) is 2.94. The van der Waals surface area contributed by atoms with Crippen molar-refractivity contribution in [1.82, 2.24) is 0 Å². The zero-order chi connectivity index (χ0) is 34.3. The number of hydrogen-bond acceptors (Lipinski definition) is 3. The average Bonchev–Trinajstić information content (AvgIpc) is 2.79. The molecule has 0 atom stereocenters. The quantitative estimate of drug-likeness (QED) is 0.119.